The van der Waals surface area contributed by atoms with Crippen LogP contribution in [0.5, 0.6) is 0 Å². The SMILES string of the molecule is CC(C)=CC[N+]1(OC(=O)CC(O)(CC(=O)O)C(=O)O)CCCC(C#N)C1. The predicted octanol–water partition coefficient (Wildman–Crippen LogP) is 0.842. The van der Waals surface area contributed by atoms with E-state index in [0.29, 0.717) is 25.9 Å². The van der Waals surface area contributed by atoms with E-state index in [-0.39, 0.29) is 17.1 Å². The van der Waals surface area contributed by atoms with Gasteiger partial charge in [-0.2, -0.15) is 5.26 Å². The van der Waals surface area contributed by atoms with Gasteiger partial charge in [0.15, 0.2) is 5.60 Å². The van der Waals surface area contributed by atoms with Crippen molar-refractivity contribution in [3.63, 3.8) is 0 Å². The molecule has 144 valence electrons. The van der Waals surface area contributed by atoms with Crippen molar-refractivity contribution in [3.8, 4) is 6.07 Å². The van der Waals surface area contributed by atoms with Gasteiger partial charge in [-0.05, 0) is 26.3 Å². The van der Waals surface area contributed by atoms with Crippen molar-refractivity contribution in [2.75, 3.05) is 19.6 Å². The standard InChI is InChI=1S/C17H24N2O7/c1-12(2)5-7-19(6-3-4-13(10-18)11-19)26-15(22)9-17(25,16(23)24)8-14(20)21/h5,13,25H,3-4,6-9,11H2,1-2H3,(H-,20,21,23,24)/p+1. The summed E-state index contributed by atoms with van der Waals surface area (Å²) in [5.74, 6) is -4.67. The molecule has 1 aliphatic rings. The average molecular weight is 369 g/mol. The van der Waals surface area contributed by atoms with E-state index in [1.54, 1.807) is 0 Å². The molecule has 0 bridgehead atoms. The first-order valence-electron chi connectivity index (χ1n) is 8.31. The summed E-state index contributed by atoms with van der Waals surface area (Å²) in [6.07, 6.45) is 1.09. The van der Waals surface area contributed by atoms with E-state index in [1.165, 1.54) is 0 Å². The number of aliphatic carboxylic acids is 2. The molecule has 1 rings (SSSR count). The number of carboxylic acid groups (broad SMARTS) is 2. The van der Waals surface area contributed by atoms with Crippen LogP contribution in [0, 0.1) is 17.2 Å². The van der Waals surface area contributed by atoms with Crippen LogP contribution in [0.3, 0.4) is 0 Å². The first kappa shape index (κ1) is 21.6. The van der Waals surface area contributed by atoms with Gasteiger partial charge in [-0.15, -0.1) is 4.65 Å². The molecule has 26 heavy (non-hydrogen) atoms. The molecule has 3 unspecified atom stereocenters. The predicted molar refractivity (Wildman–Crippen MR) is 88.2 cm³/mol. The molecule has 0 aliphatic carbocycles. The van der Waals surface area contributed by atoms with Gasteiger partial charge in [-0.25, -0.2) is 9.59 Å². The number of carbonyl (C=O) groups excluding carboxylic acids is 1. The van der Waals surface area contributed by atoms with Gasteiger partial charge in [0.05, 0.1) is 24.8 Å². The lowest BCUT2D eigenvalue weighted by Crippen LogP contribution is -2.56. The lowest BCUT2D eigenvalue weighted by molar-refractivity contribution is -1.09. The molecule has 0 saturated carbocycles. The lowest BCUT2D eigenvalue weighted by Gasteiger charge is -2.38. The van der Waals surface area contributed by atoms with Crippen molar-refractivity contribution >= 4 is 17.9 Å². The van der Waals surface area contributed by atoms with E-state index in [9.17, 15) is 24.8 Å². The Kier molecular flexibility index (Phi) is 7.29. The van der Waals surface area contributed by atoms with Crippen LogP contribution in [-0.4, -0.2) is 63.1 Å². The molecule has 1 saturated heterocycles. The van der Waals surface area contributed by atoms with Crippen LogP contribution in [0.15, 0.2) is 11.6 Å². The highest BCUT2D eigenvalue weighted by Crippen LogP contribution is 2.26. The fraction of sp³-hybridized carbons (Fsp3) is 0.647. The number of aliphatic hydroxyl groups is 1. The fourth-order valence-electron chi connectivity index (χ4n) is 2.90. The number of carboxylic acids is 2. The smallest absolute Gasteiger partial charge is 0.370 e. The number of piperidine rings is 1. The second-order valence-electron chi connectivity index (χ2n) is 6.94. The molecule has 3 atom stereocenters. The Morgan fingerprint density at radius 1 is 1.31 bits per heavy atom. The Morgan fingerprint density at radius 2 is 1.96 bits per heavy atom. The Balaban J connectivity index is 2.97. The van der Waals surface area contributed by atoms with Crippen LogP contribution >= 0.6 is 0 Å². The molecule has 0 radical (unpaired) electrons. The van der Waals surface area contributed by atoms with E-state index in [4.69, 9.17) is 15.1 Å². The van der Waals surface area contributed by atoms with E-state index < -0.39 is 36.4 Å². The van der Waals surface area contributed by atoms with Crippen LogP contribution in [0.1, 0.15) is 39.5 Å². The Morgan fingerprint density at radius 3 is 2.46 bits per heavy atom. The summed E-state index contributed by atoms with van der Waals surface area (Å²) in [7, 11) is 0. The van der Waals surface area contributed by atoms with Gasteiger partial charge in [-0.3, -0.25) is 9.63 Å². The Labute approximate surface area is 151 Å². The van der Waals surface area contributed by atoms with Crippen molar-refractivity contribution in [3.05, 3.63) is 11.6 Å². The molecule has 1 heterocycles. The summed E-state index contributed by atoms with van der Waals surface area (Å²) in [5.41, 5.74) is -1.75. The van der Waals surface area contributed by atoms with Gasteiger partial charge in [0.25, 0.3) is 0 Å². The minimum Gasteiger partial charge on any atom is -0.481 e. The lowest BCUT2D eigenvalue weighted by atomic mass is 9.96. The summed E-state index contributed by atoms with van der Waals surface area (Å²) >= 11 is 0. The second kappa shape index (κ2) is 8.78. The first-order valence-corrected chi connectivity index (χ1v) is 8.31. The van der Waals surface area contributed by atoms with Crippen LogP contribution in [0.2, 0.25) is 0 Å². The third kappa shape index (κ3) is 6.13. The molecule has 1 fully saturated rings. The molecule has 0 amide bonds. The summed E-state index contributed by atoms with van der Waals surface area (Å²) in [4.78, 5) is 39.8. The van der Waals surface area contributed by atoms with Crippen LogP contribution in [0.25, 0.3) is 0 Å². The molecule has 0 aromatic rings. The van der Waals surface area contributed by atoms with Gasteiger partial charge < -0.3 is 15.3 Å². The highest BCUT2D eigenvalue weighted by Gasteiger charge is 2.45. The number of hydrogen-bond donors (Lipinski definition) is 3. The third-order valence-corrected chi connectivity index (χ3v) is 4.26. The van der Waals surface area contributed by atoms with Gasteiger partial charge in [-0.1, -0.05) is 5.57 Å². The fourth-order valence-corrected chi connectivity index (χ4v) is 2.90. The third-order valence-electron chi connectivity index (χ3n) is 4.26. The molecule has 0 aromatic carbocycles. The largest absolute Gasteiger partial charge is 0.481 e. The van der Waals surface area contributed by atoms with Gasteiger partial charge >= 0.3 is 17.9 Å². The van der Waals surface area contributed by atoms with Crippen molar-refractivity contribution < 1.29 is 39.2 Å². The quantitative estimate of drug-likeness (QED) is 0.421. The van der Waals surface area contributed by atoms with E-state index in [1.807, 2.05) is 19.9 Å². The number of allylic oxidation sites excluding steroid dienone is 1. The number of hydrogen-bond acceptors (Lipinski definition) is 6. The van der Waals surface area contributed by atoms with Crippen molar-refractivity contribution in [2.45, 2.75) is 45.1 Å². The topological polar surface area (TPSA) is 145 Å². The minimum atomic E-state index is -2.74. The number of carbonyl (C=O) groups is 3. The van der Waals surface area contributed by atoms with Gasteiger partial charge in [0.1, 0.15) is 19.6 Å². The highest BCUT2D eigenvalue weighted by molar-refractivity contribution is 5.88. The number of likely N-dealkylation sites (tertiary alicyclic amines) is 1. The number of nitriles is 1. The molecule has 1 aliphatic heterocycles. The maximum absolute atomic E-state index is 12.3. The summed E-state index contributed by atoms with van der Waals surface area (Å²) in [5, 5.41) is 37.1. The maximum atomic E-state index is 12.3. The molecule has 3 N–H and O–H groups in total. The first-order chi connectivity index (χ1) is 12.0. The Hall–Kier alpha value is -2.44. The van der Waals surface area contributed by atoms with Crippen molar-refractivity contribution in [1.82, 2.24) is 0 Å². The normalized spacial score (nSPS) is 24.6. The van der Waals surface area contributed by atoms with Crippen LogP contribution in [-0.2, 0) is 19.2 Å². The van der Waals surface area contributed by atoms with Crippen LogP contribution in [0.4, 0.5) is 0 Å². The minimum absolute atomic E-state index is 0.176. The van der Waals surface area contributed by atoms with Crippen molar-refractivity contribution in [1.29, 1.82) is 5.26 Å². The van der Waals surface area contributed by atoms with Crippen LogP contribution < -0.4 is 0 Å². The molecule has 0 aromatic heterocycles. The van der Waals surface area contributed by atoms with Gasteiger partial charge in [0.2, 0.25) is 0 Å². The highest BCUT2D eigenvalue weighted by atomic mass is 16.7. The number of hydroxylamine groups is 3. The van der Waals surface area contributed by atoms with Crippen molar-refractivity contribution in [2.24, 2.45) is 5.92 Å². The zero-order chi connectivity index (χ0) is 20.0. The zero-order valence-electron chi connectivity index (χ0n) is 15.0. The van der Waals surface area contributed by atoms with E-state index >= 15 is 0 Å². The monoisotopic (exact) mass is 369 g/mol. The summed E-state index contributed by atoms with van der Waals surface area (Å²) < 4.78 is -0.176. The Bertz CT molecular complexity index is 636. The molecular formula is C17H25N2O7+. The molecule has 9 nitrogen and oxygen atoms in total. The number of rotatable bonds is 8. The molecular weight excluding hydrogens is 344 g/mol. The maximum Gasteiger partial charge on any atom is 0.370 e. The average Bonchev–Trinajstić information content (AvgIpc) is 2.52. The number of quaternary nitrogens is 1. The summed E-state index contributed by atoms with van der Waals surface area (Å²) in [6.45, 7) is 4.78. The summed E-state index contributed by atoms with van der Waals surface area (Å²) in [6, 6.07) is 2.16. The molecule has 0 spiro atoms. The zero-order valence-corrected chi connectivity index (χ0v) is 15.0. The van der Waals surface area contributed by atoms with E-state index in [2.05, 4.69) is 6.07 Å². The van der Waals surface area contributed by atoms with E-state index in [0.717, 1.165) is 5.57 Å². The van der Waals surface area contributed by atoms with Gasteiger partial charge in [0, 0.05) is 6.42 Å². The number of nitrogens with zero attached hydrogens (tertiary/aromatic N) is 2. The molecule has 9 heteroatoms. The second-order valence-corrected chi connectivity index (χ2v) is 6.94.